The summed E-state index contributed by atoms with van der Waals surface area (Å²) in [6.07, 6.45) is 3.87. The molecule has 8 nitrogen and oxygen atoms in total. The molecule has 10 heteroatoms. The first-order valence-electron chi connectivity index (χ1n) is 10.7. The van der Waals surface area contributed by atoms with Gasteiger partial charge < -0.3 is 15.0 Å². The Kier molecular flexibility index (Phi) is 6.32. The molecular formula is C23H28N6O2S2. The Morgan fingerprint density at radius 3 is 2.79 bits per heavy atom. The molecule has 3 aromatic rings. The number of thiophene rings is 1. The number of hydrogen-bond acceptors (Lipinski definition) is 9. The highest BCUT2D eigenvalue weighted by Crippen LogP contribution is 2.42. The third kappa shape index (κ3) is 4.41. The van der Waals surface area contributed by atoms with Crippen molar-refractivity contribution in [2.45, 2.75) is 50.5 Å². The molecule has 1 aliphatic rings. The number of nitrogens with zero attached hydrogens (tertiary/aromatic N) is 4. The van der Waals surface area contributed by atoms with Crippen LogP contribution in [0.2, 0.25) is 0 Å². The number of fused-ring (bicyclic) bond motifs is 3. The Bertz CT molecular complexity index is 1230. The van der Waals surface area contributed by atoms with Crippen LogP contribution in [-0.4, -0.2) is 40.5 Å². The highest BCUT2D eigenvalue weighted by molar-refractivity contribution is 7.80. The molecule has 4 rings (SSSR count). The van der Waals surface area contributed by atoms with Gasteiger partial charge in [-0.25, -0.2) is 15.5 Å². The third-order valence-electron chi connectivity index (χ3n) is 6.20. The number of amides is 1. The zero-order chi connectivity index (χ0) is 23.9. The molecule has 1 amide bonds. The predicted octanol–water partition coefficient (Wildman–Crippen LogP) is 5.76. The number of aryl methyl sites for hydroxylation is 1. The van der Waals surface area contributed by atoms with Gasteiger partial charge in [0.25, 0.3) is 0 Å². The first kappa shape index (κ1) is 23.4. The van der Waals surface area contributed by atoms with Gasteiger partial charge in [0.15, 0.2) is 0 Å². The average molecular weight is 485 g/mol. The summed E-state index contributed by atoms with van der Waals surface area (Å²) in [6, 6.07) is 3.44. The van der Waals surface area contributed by atoms with Crippen LogP contribution in [0.5, 0.6) is 5.75 Å². The fourth-order valence-corrected chi connectivity index (χ4v) is 5.57. The Labute approximate surface area is 202 Å². The molecule has 1 atom stereocenters. The van der Waals surface area contributed by atoms with Gasteiger partial charge in [0.05, 0.1) is 18.2 Å². The van der Waals surface area contributed by atoms with Crippen molar-refractivity contribution in [1.29, 1.82) is 5.53 Å². The van der Waals surface area contributed by atoms with Gasteiger partial charge in [-0.2, -0.15) is 5.11 Å². The number of carbonyl (C=O) groups is 1. The first-order chi connectivity index (χ1) is 15.6. The molecule has 2 aromatic heterocycles. The number of aromatic nitrogens is 2. The molecule has 0 fully saturated rings. The van der Waals surface area contributed by atoms with E-state index in [9.17, 15) is 4.79 Å². The molecule has 0 radical (unpaired) electrons. The summed E-state index contributed by atoms with van der Waals surface area (Å²) in [5.74, 6) is 1.41. The summed E-state index contributed by atoms with van der Waals surface area (Å²) >= 11 is 6.07. The summed E-state index contributed by atoms with van der Waals surface area (Å²) in [7, 11) is 3.46. The van der Waals surface area contributed by atoms with Gasteiger partial charge in [-0.15, -0.1) is 24.0 Å². The standard InChI is InChI=1S/C23H28N6O2S2/c1-23(2,3)29(4)22(30)12-6-7-13-18(8-12)33-21-19(13)20(25-11-26-21)27-14-10-17(32)15(28-24)9-16(14)31-5/h9-12,24,32H,6-8H2,1-5H3,(H,25,26,27). The van der Waals surface area contributed by atoms with Gasteiger partial charge in [0, 0.05) is 34.3 Å². The van der Waals surface area contributed by atoms with Crippen LogP contribution in [0.3, 0.4) is 0 Å². The number of thiol groups is 1. The molecule has 0 saturated heterocycles. The molecule has 1 aromatic carbocycles. The number of hydrogen-bond donors (Lipinski definition) is 3. The van der Waals surface area contributed by atoms with Crippen LogP contribution in [0.1, 0.15) is 37.6 Å². The Hall–Kier alpha value is -2.72. The molecule has 0 aliphatic heterocycles. The lowest BCUT2D eigenvalue weighted by Gasteiger charge is -2.35. The summed E-state index contributed by atoms with van der Waals surface area (Å²) < 4.78 is 5.49. The monoisotopic (exact) mass is 484 g/mol. The first-order valence-corrected chi connectivity index (χ1v) is 12.0. The highest BCUT2D eigenvalue weighted by Gasteiger charge is 2.33. The van der Waals surface area contributed by atoms with Gasteiger partial charge in [-0.1, -0.05) is 0 Å². The molecule has 1 unspecified atom stereocenters. The molecule has 174 valence electrons. The zero-order valence-electron chi connectivity index (χ0n) is 19.4. The molecule has 2 N–H and O–H groups in total. The summed E-state index contributed by atoms with van der Waals surface area (Å²) in [4.78, 5) is 26.6. The fourth-order valence-electron chi connectivity index (χ4n) is 4.06. The quantitative estimate of drug-likeness (QED) is 0.316. The van der Waals surface area contributed by atoms with Gasteiger partial charge >= 0.3 is 0 Å². The molecule has 0 saturated carbocycles. The average Bonchev–Trinajstić information content (AvgIpc) is 3.16. The van der Waals surface area contributed by atoms with Gasteiger partial charge in [0.1, 0.15) is 28.4 Å². The van der Waals surface area contributed by atoms with Gasteiger partial charge in [-0.3, -0.25) is 4.79 Å². The summed E-state index contributed by atoms with van der Waals surface area (Å²) in [5, 5.41) is 7.85. The number of methoxy groups -OCH3 is 1. The van der Waals surface area contributed by atoms with Crippen LogP contribution in [0.25, 0.3) is 10.2 Å². The van der Waals surface area contributed by atoms with E-state index in [-0.39, 0.29) is 17.4 Å². The van der Waals surface area contributed by atoms with Crippen LogP contribution < -0.4 is 10.1 Å². The minimum Gasteiger partial charge on any atom is -0.494 e. The van der Waals surface area contributed by atoms with Crippen molar-refractivity contribution in [2.75, 3.05) is 19.5 Å². The maximum Gasteiger partial charge on any atom is 0.226 e. The Balaban J connectivity index is 1.68. The zero-order valence-corrected chi connectivity index (χ0v) is 21.1. The van der Waals surface area contributed by atoms with Crippen molar-refractivity contribution < 1.29 is 9.53 Å². The number of benzene rings is 1. The Morgan fingerprint density at radius 2 is 2.12 bits per heavy atom. The predicted molar refractivity (Wildman–Crippen MR) is 134 cm³/mol. The van der Waals surface area contributed by atoms with Crippen molar-refractivity contribution in [1.82, 2.24) is 14.9 Å². The van der Waals surface area contributed by atoms with E-state index in [1.807, 2.05) is 11.9 Å². The van der Waals surface area contributed by atoms with Crippen molar-refractivity contribution >= 4 is 57.3 Å². The minimum atomic E-state index is -0.201. The molecule has 1 aliphatic carbocycles. The maximum atomic E-state index is 13.1. The fraction of sp³-hybridized carbons (Fsp3) is 0.435. The lowest BCUT2D eigenvalue weighted by atomic mass is 9.86. The van der Waals surface area contributed by atoms with Crippen LogP contribution in [0, 0.1) is 11.4 Å². The van der Waals surface area contributed by atoms with E-state index in [2.05, 4.69) is 53.8 Å². The smallest absolute Gasteiger partial charge is 0.226 e. The number of ether oxygens (including phenoxy) is 1. The van der Waals surface area contributed by atoms with E-state index in [0.717, 1.165) is 29.5 Å². The van der Waals surface area contributed by atoms with Crippen LogP contribution >= 0.6 is 24.0 Å². The van der Waals surface area contributed by atoms with E-state index < -0.39 is 0 Å². The summed E-state index contributed by atoms with van der Waals surface area (Å²) in [6.45, 7) is 6.17. The van der Waals surface area contributed by atoms with Crippen molar-refractivity contribution in [2.24, 2.45) is 11.0 Å². The number of carbonyl (C=O) groups excluding carboxylic acids is 1. The van der Waals surface area contributed by atoms with Crippen molar-refractivity contribution in [3.8, 4) is 5.75 Å². The van der Waals surface area contributed by atoms with E-state index >= 15 is 0 Å². The molecule has 0 bridgehead atoms. The number of nitrogens with one attached hydrogen (secondary N) is 2. The van der Waals surface area contributed by atoms with Crippen molar-refractivity contribution in [3.63, 3.8) is 0 Å². The van der Waals surface area contributed by atoms with Crippen molar-refractivity contribution in [3.05, 3.63) is 28.9 Å². The third-order valence-corrected chi connectivity index (χ3v) is 7.72. The molecule has 0 spiro atoms. The topological polar surface area (TPSA) is 104 Å². The number of anilines is 2. The maximum absolute atomic E-state index is 13.1. The molecule has 2 heterocycles. The normalized spacial score (nSPS) is 15.8. The second-order valence-corrected chi connectivity index (χ2v) is 10.8. The van der Waals surface area contributed by atoms with Gasteiger partial charge in [-0.05, 0) is 51.7 Å². The van der Waals surface area contributed by atoms with E-state index in [0.29, 0.717) is 27.8 Å². The van der Waals surface area contributed by atoms with Crippen LogP contribution in [-0.2, 0) is 17.6 Å². The Morgan fingerprint density at radius 1 is 1.36 bits per heavy atom. The van der Waals surface area contributed by atoms with Gasteiger partial charge in [0.2, 0.25) is 5.91 Å². The largest absolute Gasteiger partial charge is 0.494 e. The molecule has 33 heavy (non-hydrogen) atoms. The van der Waals surface area contributed by atoms with E-state index in [1.165, 1.54) is 10.4 Å². The van der Waals surface area contributed by atoms with E-state index in [4.69, 9.17) is 10.3 Å². The van der Waals surface area contributed by atoms with Crippen LogP contribution in [0.15, 0.2) is 28.5 Å². The molecular weight excluding hydrogens is 456 g/mol. The second kappa shape index (κ2) is 8.90. The second-order valence-electron chi connectivity index (χ2n) is 9.19. The lowest BCUT2D eigenvalue weighted by Crippen LogP contribution is -2.46. The SMILES string of the molecule is COc1cc(N=N)c(S)cc1Nc1ncnc2sc3c(c12)CCC(C(=O)N(C)C(C)(C)C)C3. The van der Waals surface area contributed by atoms with Crippen LogP contribution in [0.4, 0.5) is 17.2 Å². The number of rotatable bonds is 5. The highest BCUT2D eigenvalue weighted by atomic mass is 32.1. The lowest BCUT2D eigenvalue weighted by molar-refractivity contribution is -0.138. The minimum absolute atomic E-state index is 0.0212. The summed E-state index contributed by atoms with van der Waals surface area (Å²) in [5.41, 5.74) is 9.42. The van der Waals surface area contributed by atoms with E-state index in [1.54, 1.807) is 36.9 Å².